The van der Waals surface area contributed by atoms with Crippen LogP contribution in [0.3, 0.4) is 0 Å². The Hall–Kier alpha value is -0.0800. The van der Waals surface area contributed by atoms with Crippen molar-refractivity contribution in [2.75, 3.05) is 0 Å². The van der Waals surface area contributed by atoms with Crippen molar-refractivity contribution >= 4 is 0 Å². The van der Waals surface area contributed by atoms with Crippen LogP contribution in [-0.2, 0) is 0 Å². The Balaban J connectivity index is 1.77. The van der Waals surface area contributed by atoms with Crippen LogP contribution in [0.5, 0.6) is 0 Å². The second-order valence-electron chi connectivity index (χ2n) is 6.34. The van der Waals surface area contributed by atoms with Crippen LogP contribution in [0.25, 0.3) is 0 Å². The summed E-state index contributed by atoms with van der Waals surface area (Å²) in [6.45, 7) is 9.43. The summed E-state index contributed by atoms with van der Waals surface area (Å²) in [5.74, 6) is 1.84. The maximum Gasteiger partial charge on any atom is 0.0221 e. The third-order valence-corrected chi connectivity index (χ3v) is 4.64. The monoisotopic (exact) mass is 224 g/mol. The predicted octanol–water partition coefficient (Wildman–Crippen LogP) is 3.19. The van der Waals surface area contributed by atoms with Gasteiger partial charge < -0.3 is 0 Å². The molecule has 0 aromatic rings. The zero-order valence-electron chi connectivity index (χ0n) is 11.4. The third-order valence-electron chi connectivity index (χ3n) is 4.64. The lowest BCUT2D eigenvalue weighted by Crippen LogP contribution is -2.58. The molecule has 0 aromatic carbocycles. The summed E-state index contributed by atoms with van der Waals surface area (Å²) in [5, 5.41) is 2.53. The van der Waals surface area contributed by atoms with Gasteiger partial charge in [0.1, 0.15) is 0 Å². The Morgan fingerprint density at radius 3 is 2.12 bits per heavy atom. The first-order chi connectivity index (χ1) is 7.58. The summed E-state index contributed by atoms with van der Waals surface area (Å²) in [6.07, 6.45) is 6.89. The fourth-order valence-corrected chi connectivity index (χ4v) is 3.20. The van der Waals surface area contributed by atoms with Crippen molar-refractivity contribution in [2.45, 2.75) is 77.9 Å². The van der Waals surface area contributed by atoms with E-state index in [1.54, 1.807) is 0 Å². The first kappa shape index (κ1) is 12.4. The van der Waals surface area contributed by atoms with Gasteiger partial charge in [0.25, 0.3) is 0 Å². The Kier molecular flexibility index (Phi) is 3.91. The summed E-state index contributed by atoms with van der Waals surface area (Å²) in [5.41, 5.74) is 3.77. The minimum absolute atomic E-state index is 0.724. The number of hydrogen-bond acceptors (Lipinski definition) is 2. The van der Waals surface area contributed by atoms with E-state index in [0.29, 0.717) is 0 Å². The molecule has 1 aliphatic heterocycles. The van der Waals surface area contributed by atoms with Crippen LogP contribution in [0.15, 0.2) is 0 Å². The molecule has 0 aromatic heterocycles. The van der Waals surface area contributed by atoms with Crippen molar-refractivity contribution in [3.8, 4) is 0 Å². The summed E-state index contributed by atoms with van der Waals surface area (Å²) in [6, 6.07) is 2.21. The molecule has 2 fully saturated rings. The van der Waals surface area contributed by atoms with Crippen molar-refractivity contribution in [1.82, 2.24) is 10.4 Å². The highest BCUT2D eigenvalue weighted by atomic mass is 15.5. The van der Waals surface area contributed by atoms with Crippen LogP contribution in [0.1, 0.15) is 59.8 Å². The molecule has 1 saturated heterocycles. The maximum absolute atomic E-state index is 3.77. The molecule has 2 aliphatic rings. The molecule has 0 spiro atoms. The van der Waals surface area contributed by atoms with Crippen molar-refractivity contribution in [3.05, 3.63) is 0 Å². The van der Waals surface area contributed by atoms with Gasteiger partial charge >= 0.3 is 0 Å². The van der Waals surface area contributed by atoms with Gasteiger partial charge in [-0.15, -0.1) is 0 Å². The van der Waals surface area contributed by atoms with Gasteiger partial charge in [-0.3, -0.25) is 5.43 Å². The molecule has 1 heterocycles. The standard InChI is InChI=1S/C14H28N2/c1-10(2)13-8-14(9-13)15-16-11(3)6-5-7-12(16)4/h10-15H,5-9H2,1-4H3. The van der Waals surface area contributed by atoms with Gasteiger partial charge in [0.15, 0.2) is 0 Å². The highest BCUT2D eigenvalue weighted by Crippen LogP contribution is 2.34. The third kappa shape index (κ3) is 2.60. The van der Waals surface area contributed by atoms with Crippen molar-refractivity contribution in [3.63, 3.8) is 0 Å². The Morgan fingerprint density at radius 2 is 1.62 bits per heavy atom. The van der Waals surface area contributed by atoms with Crippen molar-refractivity contribution in [1.29, 1.82) is 0 Å². The molecule has 2 atom stereocenters. The Morgan fingerprint density at radius 1 is 1.06 bits per heavy atom. The Labute approximate surface area is 101 Å². The molecule has 16 heavy (non-hydrogen) atoms. The number of nitrogens with zero attached hydrogens (tertiary/aromatic N) is 1. The molecule has 0 radical (unpaired) electrons. The summed E-state index contributed by atoms with van der Waals surface area (Å²) >= 11 is 0. The predicted molar refractivity (Wildman–Crippen MR) is 69.1 cm³/mol. The lowest BCUT2D eigenvalue weighted by molar-refractivity contribution is -0.00386. The van der Waals surface area contributed by atoms with Gasteiger partial charge in [-0.25, -0.2) is 5.01 Å². The molecule has 2 nitrogen and oxygen atoms in total. The van der Waals surface area contributed by atoms with Crippen LogP contribution in [0.2, 0.25) is 0 Å². The van der Waals surface area contributed by atoms with Crippen molar-refractivity contribution < 1.29 is 0 Å². The van der Waals surface area contributed by atoms with Crippen LogP contribution in [0, 0.1) is 11.8 Å². The maximum atomic E-state index is 3.77. The molecule has 1 saturated carbocycles. The van der Waals surface area contributed by atoms with Gasteiger partial charge in [0.2, 0.25) is 0 Å². The molecule has 2 heteroatoms. The molecule has 1 aliphatic carbocycles. The lowest BCUT2D eigenvalue weighted by Gasteiger charge is -2.46. The normalized spacial score (nSPS) is 41.1. The number of hydrazine groups is 1. The molecule has 0 bridgehead atoms. The van der Waals surface area contributed by atoms with E-state index >= 15 is 0 Å². The second-order valence-corrected chi connectivity index (χ2v) is 6.34. The van der Waals surface area contributed by atoms with E-state index in [1.165, 1.54) is 32.1 Å². The Bertz CT molecular complexity index is 211. The van der Waals surface area contributed by atoms with E-state index in [-0.39, 0.29) is 0 Å². The van der Waals surface area contributed by atoms with Crippen LogP contribution >= 0.6 is 0 Å². The van der Waals surface area contributed by atoms with Crippen LogP contribution < -0.4 is 5.43 Å². The van der Waals surface area contributed by atoms with Crippen LogP contribution in [-0.4, -0.2) is 23.1 Å². The van der Waals surface area contributed by atoms with Gasteiger partial charge in [-0.05, 0) is 51.4 Å². The first-order valence-electron chi connectivity index (χ1n) is 7.12. The lowest BCUT2D eigenvalue weighted by atomic mass is 9.74. The van der Waals surface area contributed by atoms with E-state index in [1.807, 2.05) is 0 Å². The highest BCUT2D eigenvalue weighted by Gasteiger charge is 2.34. The van der Waals surface area contributed by atoms with Gasteiger partial charge in [-0.1, -0.05) is 20.3 Å². The molecular weight excluding hydrogens is 196 g/mol. The minimum Gasteiger partial charge on any atom is -0.252 e. The average molecular weight is 224 g/mol. The molecule has 94 valence electrons. The number of rotatable bonds is 3. The van der Waals surface area contributed by atoms with Crippen LogP contribution in [0.4, 0.5) is 0 Å². The molecule has 0 amide bonds. The SMILES string of the molecule is CC(C)C1CC(NN2C(C)CCCC2C)C1. The summed E-state index contributed by atoms with van der Waals surface area (Å²) in [7, 11) is 0. The highest BCUT2D eigenvalue weighted by molar-refractivity contribution is 4.88. The number of piperidine rings is 1. The van der Waals surface area contributed by atoms with Gasteiger partial charge in [0, 0.05) is 18.1 Å². The topological polar surface area (TPSA) is 15.3 Å². The summed E-state index contributed by atoms with van der Waals surface area (Å²) in [4.78, 5) is 0. The zero-order chi connectivity index (χ0) is 11.7. The molecular formula is C14H28N2. The molecule has 2 unspecified atom stereocenters. The van der Waals surface area contributed by atoms with E-state index < -0.39 is 0 Å². The average Bonchev–Trinajstić information content (AvgIpc) is 2.13. The van der Waals surface area contributed by atoms with E-state index in [2.05, 4.69) is 38.1 Å². The second kappa shape index (κ2) is 5.05. The smallest absolute Gasteiger partial charge is 0.0221 e. The summed E-state index contributed by atoms with van der Waals surface area (Å²) < 4.78 is 0. The molecule has 1 N–H and O–H groups in total. The van der Waals surface area contributed by atoms with E-state index in [9.17, 15) is 0 Å². The number of nitrogens with one attached hydrogen (secondary N) is 1. The largest absolute Gasteiger partial charge is 0.252 e. The molecule has 2 rings (SSSR count). The zero-order valence-corrected chi connectivity index (χ0v) is 11.4. The van der Waals surface area contributed by atoms with Gasteiger partial charge in [-0.2, -0.15) is 0 Å². The van der Waals surface area contributed by atoms with E-state index in [0.717, 1.165) is 30.0 Å². The first-order valence-corrected chi connectivity index (χ1v) is 7.12. The fourth-order valence-electron chi connectivity index (χ4n) is 3.20. The quantitative estimate of drug-likeness (QED) is 0.792. The van der Waals surface area contributed by atoms with Crippen molar-refractivity contribution in [2.24, 2.45) is 11.8 Å². The fraction of sp³-hybridized carbons (Fsp3) is 1.00. The van der Waals surface area contributed by atoms with Gasteiger partial charge in [0.05, 0.1) is 0 Å². The number of hydrogen-bond donors (Lipinski definition) is 1. The minimum atomic E-state index is 0.724. The van der Waals surface area contributed by atoms with E-state index in [4.69, 9.17) is 0 Å².